The van der Waals surface area contributed by atoms with E-state index in [1.807, 2.05) is 49.0 Å². The fourth-order valence-electron chi connectivity index (χ4n) is 2.43. The van der Waals surface area contributed by atoms with Crippen molar-refractivity contribution in [2.24, 2.45) is 0 Å². The highest BCUT2D eigenvalue weighted by atomic mass is 32.2. The van der Waals surface area contributed by atoms with Crippen LogP contribution in [0.15, 0.2) is 30.3 Å². The van der Waals surface area contributed by atoms with E-state index in [4.69, 9.17) is 0 Å². The molecule has 1 aliphatic heterocycles. The summed E-state index contributed by atoms with van der Waals surface area (Å²) < 4.78 is 0.338. The van der Waals surface area contributed by atoms with Crippen molar-refractivity contribution in [3.63, 3.8) is 0 Å². The van der Waals surface area contributed by atoms with Crippen LogP contribution in [0.1, 0.15) is 37.6 Å². The number of carbonyl (C=O) groups is 1. The predicted molar refractivity (Wildman–Crippen MR) is 83.0 cm³/mol. The fraction of sp³-hybridized carbons (Fsp3) is 0.562. The normalized spacial score (nSPS) is 21.6. The third kappa shape index (κ3) is 3.83. The zero-order chi connectivity index (χ0) is 13.9. The molecule has 1 unspecified atom stereocenters. The van der Waals surface area contributed by atoms with Crippen LogP contribution < -0.4 is 0 Å². The molecule has 0 N–H and O–H groups in total. The minimum absolute atomic E-state index is 0.0168. The van der Waals surface area contributed by atoms with Crippen molar-refractivity contribution >= 4 is 17.5 Å². The predicted octanol–water partition coefficient (Wildman–Crippen LogP) is 3.48. The Hall–Kier alpha value is -0.800. The van der Waals surface area contributed by atoms with E-state index in [9.17, 15) is 4.79 Å². The molecule has 0 amide bonds. The van der Waals surface area contributed by atoms with Crippen molar-refractivity contribution in [2.75, 3.05) is 18.8 Å². The molecular formula is C16H23NOS. The fourth-order valence-corrected chi connectivity index (χ4v) is 3.55. The van der Waals surface area contributed by atoms with E-state index in [1.54, 1.807) is 0 Å². The Kier molecular flexibility index (Phi) is 4.69. The van der Waals surface area contributed by atoms with Crippen LogP contribution in [0.3, 0.4) is 0 Å². The van der Waals surface area contributed by atoms with Crippen LogP contribution in [0, 0.1) is 0 Å². The van der Waals surface area contributed by atoms with E-state index in [2.05, 4.69) is 18.7 Å². The van der Waals surface area contributed by atoms with E-state index in [1.165, 1.54) is 0 Å². The number of benzene rings is 1. The van der Waals surface area contributed by atoms with Gasteiger partial charge in [0.05, 0.1) is 6.04 Å². The van der Waals surface area contributed by atoms with Gasteiger partial charge in [-0.05, 0) is 13.3 Å². The van der Waals surface area contributed by atoms with Gasteiger partial charge < -0.3 is 0 Å². The minimum Gasteiger partial charge on any atom is -0.293 e. The van der Waals surface area contributed by atoms with Crippen LogP contribution in [0.4, 0.5) is 0 Å². The van der Waals surface area contributed by atoms with Crippen LogP contribution in [0.2, 0.25) is 0 Å². The molecule has 0 bridgehead atoms. The lowest BCUT2D eigenvalue weighted by atomic mass is 10.0. The summed E-state index contributed by atoms with van der Waals surface area (Å²) in [5.41, 5.74) is 0.825. The summed E-state index contributed by atoms with van der Waals surface area (Å²) in [7, 11) is 0. The van der Waals surface area contributed by atoms with Crippen molar-refractivity contribution < 1.29 is 4.79 Å². The molecule has 1 aromatic rings. The molecule has 0 aromatic heterocycles. The van der Waals surface area contributed by atoms with Gasteiger partial charge in [0.25, 0.3) is 0 Å². The first-order chi connectivity index (χ1) is 8.99. The van der Waals surface area contributed by atoms with E-state index in [0.29, 0.717) is 4.75 Å². The van der Waals surface area contributed by atoms with Crippen molar-refractivity contribution in [3.8, 4) is 0 Å². The van der Waals surface area contributed by atoms with Gasteiger partial charge in [-0.2, -0.15) is 11.8 Å². The molecule has 0 saturated carbocycles. The molecule has 0 aliphatic carbocycles. The number of hydrogen-bond acceptors (Lipinski definition) is 3. The van der Waals surface area contributed by atoms with E-state index >= 15 is 0 Å². The molecule has 0 radical (unpaired) electrons. The lowest BCUT2D eigenvalue weighted by Gasteiger charge is -2.27. The lowest BCUT2D eigenvalue weighted by Crippen LogP contribution is -2.40. The molecular weight excluding hydrogens is 254 g/mol. The lowest BCUT2D eigenvalue weighted by molar-refractivity contribution is 0.0844. The summed E-state index contributed by atoms with van der Waals surface area (Å²) >= 11 is 2.02. The molecule has 1 saturated heterocycles. The van der Waals surface area contributed by atoms with Gasteiger partial charge in [0.15, 0.2) is 5.78 Å². The van der Waals surface area contributed by atoms with Gasteiger partial charge in [-0.15, -0.1) is 0 Å². The molecule has 2 rings (SSSR count). The number of Topliss-reactive ketones (excluding diaryl/α,β-unsaturated/α-hetero) is 1. The highest BCUT2D eigenvalue weighted by molar-refractivity contribution is 8.00. The highest BCUT2D eigenvalue weighted by Crippen LogP contribution is 2.31. The van der Waals surface area contributed by atoms with Gasteiger partial charge in [-0.3, -0.25) is 9.69 Å². The molecule has 19 heavy (non-hydrogen) atoms. The Balaban J connectivity index is 2.03. The molecule has 3 heteroatoms. The summed E-state index contributed by atoms with van der Waals surface area (Å²) in [5, 5.41) is 0. The van der Waals surface area contributed by atoms with Gasteiger partial charge in [0.2, 0.25) is 0 Å². The van der Waals surface area contributed by atoms with E-state index < -0.39 is 0 Å². The number of rotatable bonds is 3. The average molecular weight is 277 g/mol. The van der Waals surface area contributed by atoms with Gasteiger partial charge in [0.1, 0.15) is 0 Å². The smallest absolute Gasteiger partial charge is 0.179 e. The maximum atomic E-state index is 12.5. The number of ketones is 1. The summed E-state index contributed by atoms with van der Waals surface area (Å²) in [4.78, 5) is 14.8. The summed E-state index contributed by atoms with van der Waals surface area (Å²) in [6.07, 6.45) is 1.14. The Labute approximate surface area is 120 Å². The number of carbonyl (C=O) groups excluding carboxylic acids is 1. The Morgan fingerprint density at radius 1 is 1.26 bits per heavy atom. The molecule has 2 nitrogen and oxygen atoms in total. The van der Waals surface area contributed by atoms with Crippen LogP contribution in [0.5, 0.6) is 0 Å². The number of thioether (sulfide) groups is 1. The van der Waals surface area contributed by atoms with Gasteiger partial charge >= 0.3 is 0 Å². The summed E-state index contributed by atoms with van der Waals surface area (Å²) in [6.45, 7) is 8.65. The summed E-state index contributed by atoms with van der Waals surface area (Å²) in [6, 6.07) is 9.62. The molecule has 1 heterocycles. The number of hydrogen-bond donors (Lipinski definition) is 0. The minimum atomic E-state index is -0.0168. The van der Waals surface area contributed by atoms with Crippen LogP contribution in [0.25, 0.3) is 0 Å². The van der Waals surface area contributed by atoms with Crippen molar-refractivity contribution in [1.29, 1.82) is 0 Å². The monoisotopic (exact) mass is 277 g/mol. The van der Waals surface area contributed by atoms with Gasteiger partial charge in [0, 0.05) is 29.2 Å². The molecule has 1 aliphatic rings. The van der Waals surface area contributed by atoms with Crippen LogP contribution in [-0.4, -0.2) is 40.3 Å². The SMILES string of the molecule is CC(C(=O)c1ccccc1)N1CCSC(C)(C)CC1. The van der Waals surface area contributed by atoms with E-state index in [0.717, 1.165) is 30.8 Å². The first-order valence-electron chi connectivity index (χ1n) is 6.97. The first-order valence-corrected chi connectivity index (χ1v) is 7.95. The third-order valence-corrected chi connectivity index (χ3v) is 5.23. The van der Waals surface area contributed by atoms with Crippen molar-refractivity contribution in [3.05, 3.63) is 35.9 Å². The quantitative estimate of drug-likeness (QED) is 0.789. The second-order valence-electron chi connectivity index (χ2n) is 5.80. The largest absolute Gasteiger partial charge is 0.293 e. The van der Waals surface area contributed by atoms with Crippen molar-refractivity contribution in [2.45, 2.75) is 38.0 Å². The average Bonchev–Trinajstić information content (AvgIpc) is 2.59. The van der Waals surface area contributed by atoms with Gasteiger partial charge in [-0.25, -0.2) is 0 Å². The van der Waals surface area contributed by atoms with Crippen LogP contribution >= 0.6 is 11.8 Å². The zero-order valence-corrected chi connectivity index (χ0v) is 12.9. The molecule has 0 spiro atoms. The Morgan fingerprint density at radius 2 is 1.95 bits per heavy atom. The topological polar surface area (TPSA) is 20.3 Å². The molecule has 1 atom stereocenters. The first kappa shape index (κ1) is 14.6. The second kappa shape index (κ2) is 6.10. The standard InChI is InChI=1S/C16H23NOS/c1-13(15(18)14-7-5-4-6-8-14)17-10-9-16(2,3)19-12-11-17/h4-8,13H,9-12H2,1-3H3. The van der Waals surface area contributed by atoms with Gasteiger partial charge in [-0.1, -0.05) is 44.2 Å². The molecule has 1 aromatic carbocycles. The highest BCUT2D eigenvalue weighted by Gasteiger charge is 2.28. The summed E-state index contributed by atoms with van der Waals surface area (Å²) in [5.74, 6) is 1.35. The number of nitrogens with zero attached hydrogens (tertiary/aromatic N) is 1. The molecule has 104 valence electrons. The Bertz CT molecular complexity index is 430. The molecule has 1 fully saturated rings. The van der Waals surface area contributed by atoms with Crippen LogP contribution in [-0.2, 0) is 0 Å². The third-order valence-electron chi connectivity index (χ3n) is 3.86. The second-order valence-corrected chi connectivity index (χ2v) is 7.60. The zero-order valence-electron chi connectivity index (χ0n) is 12.1. The maximum absolute atomic E-state index is 12.5. The Morgan fingerprint density at radius 3 is 2.63 bits per heavy atom. The maximum Gasteiger partial charge on any atom is 0.179 e. The van der Waals surface area contributed by atoms with E-state index in [-0.39, 0.29) is 11.8 Å². The van der Waals surface area contributed by atoms with Crippen molar-refractivity contribution in [1.82, 2.24) is 4.90 Å².